The summed E-state index contributed by atoms with van der Waals surface area (Å²) in [6, 6.07) is 4.81. The highest BCUT2D eigenvalue weighted by Crippen LogP contribution is 2.32. The van der Waals surface area contributed by atoms with Crippen LogP contribution in [0, 0.1) is 0 Å². The minimum atomic E-state index is -3.38. The molecule has 2 N–H and O–H groups in total. The summed E-state index contributed by atoms with van der Waals surface area (Å²) in [4.78, 5) is 18.2. The zero-order valence-corrected chi connectivity index (χ0v) is 16.5. The van der Waals surface area contributed by atoms with Crippen molar-refractivity contribution in [1.82, 2.24) is 10.3 Å². The van der Waals surface area contributed by atoms with Gasteiger partial charge in [-0.2, -0.15) is 0 Å². The summed E-state index contributed by atoms with van der Waals surface area (Å²) in [6.07, 6.45) is 5.74. The van der Waals surface area contributed by atoms with Crippen molar-refractivity contribution in [3.8, 4) is 0 Å². The Morgan fingerprint density at radius 1 is 1.35 bits per heavy atom. The molecule has 1 amide bonds. The number of carbonyl (C=O) groups is 1. The Hall–Kier alpha value is -1.77. The highest BCUT2D eigenvalue weighted by molar-refractivity contribution is 7.90. The molecular formula is C18H23N3O3S2. The van der Waals surface area contributed by atoms with Gasteiger partial charge in [-0.15, -0.1) is 11.3 Å². The number of nitrogens with zero attached hydrogens (tertiary/aromatic N) is 1. The van der Waals surface area contributed by atoms with E-state index >= 15 is 0 Å². The summed E-state index contributed by atoms with van der Waals surface area (Å²) in [5.74, 6) is 0.142. The van der Waals surface area contributed by atoms with Crippen molar-refractivity contribution in [3.63, 3.8) is 0 Å². The minimum Gasteiger partial charge on any atom is -0.317 e. The molecule has 3 rings (SSSR count). The van der Waals surface area contributed by atoms with Crippen molar-refractivity contribution >= 4 is 32.2 Å². The first-order valence-corrected chi connectivity index (χ1v) is 11.4. The lowest BCUT2D eigenvalue weighted by atomic mass is 9.97. The topological polar surface area (TPSA) is 88.2 Å². The number of anilines is 1. The first-order valence-electron chi connectivity index (χ1n) is 8.69. The Morgan fingerprint density at radius 2 is 2.08 bits per heavy atom. The fourth-order valence-corrected chi connectivity index (χ4v) is 5.15. The number of amides is 1. The van der Waals surface area contributed by atoms with Crippen LogP contribution in [-0.2, 0) is 16.3 Å². The van der Waals surface area contributed by atoms with Gasteiger partial charge in [-0.05, 0) is 56.0 Å². The van der Waals surface area contributed by atoms with Crippen molar-refractivity contribution in [2.24, 2.45) is 0 Å². The number of carbonyl (C=O) groups excluding carboxylic acids is 1. The highest BCUT2D eigenvalue weighted by Gasteiger charge is 2.20. The van der Waals surface area contributed by atoms with E-state index < -0.39 is 9.84 Å². The number of hydrogen-bond acceptors (Lipinski definition) is 6. The normalized spacial score (nSPS) is 15.8. The van der Waals surface area contributed by atoms with E-state index in [1.54, 1.807) is 12.1 Å². The van der Waals surface area contributed by atoms with Gasteiger partial charge in [0, 0.05) is 22.9 Å². The molecule has 1 saturated heterocycles. The third-order valence-electron chi connectivity index (χ3n) is 4.60. The molecule has 1 aliphatic heterocycles. The highest BCUT2D eigenvalue weighted by atomic mass is 32.2. The second-order valence-electron chi connectivity index (χ2n) is 6.49. The van der Waals surface area contributed by atoms with Crippen molar-refractivity contribution in [2.45, 2.75) is 37.0 Å². The molecule has 0 saturated carbocycles. The number of hydrogen-bond donors (Lipinski definition) is 2. The second-order valence-corrected chi connectivity index (χ2v) is 9.54. The largest absolute Gasteiger partial charge is 0.317 e. The predicted octanol–water partition coefficient (Wildman–Crippen LogP) is 2.83. The number of aryl methyl sites for hydroxylation is 1. The molecule has 0 spiro atoms. The molecule has 1 aromatic carbocycles. The Balaban J connectivity index is 1.77. The molecule has 140 valence electrons. The van der Waals surface area contributed by atoms with E-state index in [2.05, 4.69) is 15.6 Å². The van der Waals surface area contributed by atoms with Gasteiger partial charge in [-0.3, -0.25) is 10.1 Å². The van der Waals surface area contributed by atoms with Gasteiger partial charge in [-0.1, -0.05) is 13.0 Å². The van der Waals surface area contributed by atoms with Crippen molar-refractivity contribution in [3.05, 3.63) is 40.4 Å². The van der Waals surface area contributed by atoms with E-state index in [-0.39, 0.29) is 10.8 Å². The number of sulfone groups is 1. The lowest BCUT2D eigenvalue weighted by Gasteiger charge is -2.20. The van der Waals surface area contributed by atoms with Crippen LogP contribution in [0.2, 0.25) is 0 Å². The van der Waals surface area contributed by atoms with Crippen LogP contribution < -0.4 is 10.6 Å². The number of aromatic nitrogens is 1. The second kappa shape index (κ2) is 7.85. The maximum atomic E-state index is 12.5. The van der Waals surface area contributed by atoms with Gasteiger partial charge in [-0.25, -0.2) is 13.4 Å². The van der Waals surface area contributed by atoms with Gasteiger partial charge >= 0.3 is 0 Å². The molecule has 2 aromatic rings. The summed E-state index contributed by atoms with van der Waals surface area (Å²) in [5, 5.41) is 6.67. The van der Waals surface area contributed by atoms with Gasteiger partial charge in [0.15, 0.2) is 15.0 Å². The zero-order chi connectivity index (χ0) is 18.7. The third-order valence-corrected chi connectivity index (χ3v) is 6.85. The van der Waals surface area contributed by atoms with Crippen LogP contribution >= 0.6 is 11.3 Å². The number of nitrogens with one attached hydrogen (secondary N) is 2. The Morgan fingerprint density at radius 3 is 2.73 bits per heavy atom. The van der Waals surface area contributed by atoms with Crippen molar-refractivity contribution < 1.29 is 13.2 Å². The van der Waals surface area contributed by atoms with Crippen molar-refractivity contribution in [2.75, 3.05) is 24.7 Å². The van der Waals surface area contributed by atoms with Crippen LogP contribution in [0.25, 0.3) is 0 Å². The SMILES string of the molecule is CCc1ccc(C(=O)Nc2ncc(C3CCNCC3)s2)cc1S(C)(=O)=O. The lowest BCUT2D eigenvalue weighted by molar-refractivity contribution is 0.102. The van der Waals surface area contributed by atoms with E-state index in [1.807, 2.05) is 13.1 Å². The van der Waals surface area contributed by atoms with Gasteiger partial charge in [0.05, 0.1) is 4.90 Å². The van der Waals surface area contributed by atoms with Crippen LogP contribution in [-0.4, -0.2) is 38.7 Å². The van der Waals surface area contributed by atoms with E-state index in [0.717, 1.165) is 32.2 Å². The molecule has 0 bridgehead atoms. The fraction of sp³-hybridized carbons (Fsp3) is 0.444. The quantitative estimate of drug-likeness (QED) is 0.815. The van der Waals surface area contributed by atoms with Crippen LogP contribution in [0.4, 0.5) is 5.13 Å². The number of rotatable bonds is 5. The summed E-state index contributed by atoms with van der Waals surface area (Å²) < 4.78 is 24.0. The van der Waals surface area contributed by atoms with Crippen LogP contribution in [0.3, 0.4) is 0 Å². The maximum absolute atomic E-state index is 12.5. The molecule has 8 heteroatoms. The monoisotopic (exact) mass is 393 g/mol. The Bertz CT molecular complexity index is 900. The molecule has 1 fully saturated rings. The zero-order valence-electron chi connectivity index (χ0n) is 14.9. The molecule has 0 unspecified atom stereocenters. The van der Waals surface area contributed by atoms with Gasteiger partial charge < -0.3 is 5.32 Å². The Labute approximate surface area is 158 Å². The van der Waals surface area contributed by atoms with Gasteiger partial charge in [0.25, 0.3) is 5.91 Å². The summed E-state index contributed by atoms with van der Waals surface area (Å²) >= 11 is 1.49. The van der Waals surface area contributed by atoms with Gasteiger partial charge in [0.2, 0.25) is 0 Å². The number of thiazole rings is 1. The molecule has 0 aliphatic carbocycles. The van der Waals surface area contributed by atoms with Crippen LogP contribution in [0.5, 0.6) is 0 Å². The lowest BCUT2D eigenvalue weighted by Crippen LogP contribution is -2.26. The van der Waals surface area contributed by atoms with E-state index in [9.17, 15) is 13.2 Å². The summed E-state index contributed by atoms with van der Waals surface area (Å²) in [6.45, 7) is 3.90. The number of benzene rings is 1. The average molecular weight is 394 g/mol. The summed E-state index contributed by atoms with van der Waals surface area (Å²) in [7, 11) is -3.38. The first kappa shape index (κ1) is 19.0. The molecule has 26 heavy (non-hydrogen) atoms. The average Bonchev–Trinajstić information content (AvgIpc) is 3.09. The molecule has 1 aromatic heterocycles. The van der Waals surface area contributed by atoms with E-state index in [0.29, 0.717) is 28.6 Å². The van der Waals surface area contributed by atoms with E-state index in [4.69, 9.17) is 0 Å². The fourth-order valence-electron chi connectivity index (χ4n) is 3.14. The van der Waals surface area contributed by atoms with E-state index in [1.165, 1.54) is 22.3 Å². The molecule has 2 heterocycles. The molecular weight excluding hydrogens is 370 g/mol. The smallest absolute Gasteiger partial charge is 0.257 e. The molecule has 6 nitrogen and oxygen atoms in total. The summed E-state index contributed by atoms with van der Waals surface area (Å²) in [5.41, 5.74) is 1.03. The maximum Gasteiger partial charge on any atom is 0.257 e. The Kier molecular flexibility index (Phi) is 5.74. The number of piperidine rings is 1. The van der Waals surface area contributed by atoms with Gasteiger partial charge in [0.1, 0.15) is 0 Å². The molecule has 0 atom stereocenters. The molecule has 1 aliphatic rings. The minimum absolute atomic E-state index is 0.210. The predicted molar refractivity (Wildman–Crippen MR) is 104 cm³/mol. The third kappa shape index (κ3) is 4.31. The van der Waals surface area contributed by atoms with Crippen LogP contribution in [0.1, 0.15) is 46.5 Å². The molecule has 0 radical (unpaired) electrons. The standard InChI is InChI=1S/C18H23N3O3S2/c1-3-12-4-5-14(10-16(12)26(2,23)24)17(22)21-18-20-11-15(25-18)13-6-8-19-9-7-13/h4-5,10-11,13,19H,3,6-9H2,1-2H3,(H,20,21,22). The first-order chi connectivity index (χ1) is 12.4. The van der Waals surface area contributed by atoms with Crippen LogP contribution in [0.15, 0.2) is 29.3 Å². The van der Waals surface area contributed by atoms with Crippen molar-refractivity contribution in [1.29, 1.82) is 0 Å².